The largest absolute Gasteiger partial charge is 0.493 e. The minimum atomic E-state index is -0.982. The Labute approximate surface area is 331 Å². The van der Waals surface area contributed by atoms with E-state index in [1.54, 1.807) is 25.3 Å². The van der Waals surface area contributed by atoms with Gasteiger partial charge in [-0.05, 0) is 80.8 Å². The summed E-state index contributed by atoms with van der Waals surface area (Å²) in [6.07, 6.45) is 6.57. The summed E-state index contributed by atoms with van der Waals surface area (Å²) in [6, 6.07) is 11.8. The minimum Gasteiger partial charge on any atom is -0.493 e. The molecule has 2 bridgehead atoms. The minimum absolute atomic E-state index is 0.00199. The van der Waals surface area contributed by atoms with Crippen LogP contribution in [-0.4, -0.2) is 94.4 Å². The number of ether oxygens (including phenoxy) is 2. The SMILES string of the molecule is COc1cc2ncnc(Nc3ccc(Cl)c(Cl)c3F)c2cc1OC1CCC(CN2C3CC2CN(c2ccc4c(c2)C(=O)N(C2CCC(=O)NC2=O)C4=O)C3)CC1. The predicted molar refractivity (Wildman–Crippen MR) is 206 cm³/mol. The highest BCUT2D eigenvalue weighted by atomic mass is 35.5. The molecule has 3 aromatic carbocycles. The van der Waals surface area contributed by atoms with Crippen LogP contribution in [0.1, 0.15) is 65.7 Å². The maximum atomic E-state index is 14.9. The molecule has 10 rings (SSSR count). The summed E-state index contributed by atoms with van der Waals surface area (Å²) in [5, 5.41) is 5.84. The maximum Gasteiger partial charge on any atom is 0.262 e. The van der Waals surface area contributed by atoms with Gasteiger partial charge in [0.05, 0.1) is 45.6 Å². The zero-order valence-corrected chi connectivity index (χ0v) is 31.9. The first kappa shape index (κ1) is 36.6. The van der Waals surface area contributed by atoms with Crippen molar-refractivity contribution in [2.75, 3.05) is 37.0 Å². The average Bonchev–Trinajstić information content (AvgIpc) is 3.45. The topological polar surface area (TPSA) is 146 Å². The maximum absolute atomic E-state index is 14.9. The number of methoxy groups -OCH3 is 1. The number of rotatable bonds is 9. The number of halogens is 3. The molecule has 5 aliphatic heterocycles. The molecule has 56 heavy (non-hydrogen) atoms. The number of hydrogen-bond acceptors (Lipinski definition) is 11. The first-order chi connectivity index (χ1) is 27.1. The van der Waals surface area contributed by atoms with Gasteiger partial charge < -0.3 is 19.7 Å². The van der Waals surface area contributed by atoms with E-state index in [0.717, 1.165) is 62.3 Å². The predicted octanol–water partition coefficient (Wildman–Crippen LogP) is 6.13. The third kappa shape index (κ3) is 6.46. The summed E-state index contributed by atoms with van der Waals surface area (Å²) in [5.74, 6) is -0.631. The normalized spacial score (nSPS) is 24.9. The molecule has 6 aliphatic rings. The van der Waals surface area contributed by atoms with Crippen molar-refractivity contribution in [1.29, 1.82) is 0 Å². The molecule has 4 saturated heterocycles. The molecule has 290 valence electrons. The number of nitrogens with zero attached hydrogens (tertiary/aromatic N) is 5. The Morgan fingerprint density at radius 1 is 0.911 bits per heavy atom. The zero-order valence-electron chi connectivity index (χ0n) is 30.4. The number of nitrogens with one attached hydrogen (secondary N) is 2. The van der Waals surface area contributed by atoms with Gasteiger partial charge in [-0.15, -0.1) is 0 Å². The van der Waals surface area contributed by atoms with Gasteiger partial charge in [-0.1, -0.05) is 23.2 Å². The van der Waals surface area contributed by atoms with Crippen molar-refractivity contribution in [2.24, 2.45) is 5.92 Å². The van der Waals surface area contributed by atoms with Gasteiger partial charge in [-0.3, -0.25) is 34.3 Å². The lowest BCUT2D eigenvalue weighted by atomic mass is 9.82. The van der Waals surface area contributed by atoms with Crippen molar-refractivity contribution in [3.05, 3.63) is 75.8 Å². The molecule has 1 saturated carbocycles. The first-order valence-corrected chi connectivity index (χ1v) is 19.6. The van der Waals surface area contributed by atoms with Gasteiger partial charge in [0.2, 0.25) is 11.8 Å². The number of carbonyl (C=O) groups excluding carboxylic acids is 4. The third-order valence-electron chi connectivity index (χ3n) is 11.9. The van der Waals surface area contributed by atoms with Crippen LogP contribution in [0.25, 0.3) is 10.9 Å². The molecule has 1 aromatic heterocycles. The highest BCUT2D eigenvalue weighted by molar-refractivity contribution is 6.42. The monoisotopic (exact) mass is 801 g/mol. The van der Waals surface area contributed by atoms with E-state index < -0.39 is 35.5 Å². The highest BCUT2D eigenvalue weighted by Crippen LogP contribution is 2.41. The summed E-state index contributed by atoms with van der Waals surface area (Å²) in [6.45, 7) is 2.67. The van der Waals surface area contributed by atoms with Crippen LogP contribution in [0.5, 0.6) is 11.5 Å². The Kier molecular flexibility index (Phi) is 9.45. The number of fused-ring (bicyclic) bond motifs is 4. The lowest BCUT2D eigenvalue weighted by Crippen LogP contribution is -2.69. The average molecular weight is 803 g/mol. The van der Waals surface area contributed by atoms with Gasteiger partial charge in [-0.25, -0.2) is 14.4 Å². The zero-order chi connectivity index (χ0) is 38.8. The summed E-state index contributed by atoms with van der Waals surface area (Å²) in [5.41, 5.74) is 2.22. The van der Waals surface area contributed by atoms with E-state index in [1.807, 2.05) is 12.1 Å². The number of aromatic nitrogens is 2. The van der Waals surface area contributed by atoms with E-state index in [0.29, 0.717) is 57.3 Å². The molecule has 1 aliphatic carbocycles. The lowest BCUT2D eigenvalue weighted by molar-refractivity contribution is -0.136. The summed E-state index contributed by atoms with van der Waals surface area (Å²) >= 11 is 12.0. The second kappa shape index (κ2) is 14.5. The van der Waals surface area contributed by atoms with Crippen molar-refractivity contribution in [3.63, 3.8) is 0 Å². The van der Waals surface area contributed by atoms with Crippen LogP contribution >= 0.6 is 23.2 Å². The fourth-order valence-corrected chi connectivity index (χ4v) is 9.24. The van der Waals surface area contributed by atoms with Gasteiger partial charge in [-0.2, -0.15) is 0 Å². The first-order valence-electron chi connectivity index (χ1n) is 18.8. The van der Waals surface area contributed by atoms with Crippen molar-refractivity contribution < 1.29 is 33.0 Å². The van der Waals surface area contributed by atoms with Crippen LogP contribution in [-0.2, 0) is 9.59 Å². The van der Waals surface area contributed by atoms with Crippen LogP contribution in [0.4, 0.5) is 21.6 Å². The van der Waals surface area contributed by atoms with Crippen molar-refractivity contribution >= 4 is 74.9 Å². The van der Waals surface area contributed by atoms with Gasteiger partial charge in [0.25, 0.3) is 11.8 Å². The van der Waals surface area contributed by atoms with Crippen LogP contribution < -0.4 is 25.0 Å². The summed E-state index contributed by atoms with van der Waals surface area (Å²) < 4.78 is 27.1. The Bertz CT molecular complexity index is 2290. The molecule has 5 fully saturated rings. The molecule has 3 unspecified atom stereocenters. The molecular formula is C40H38Cl2FN7O6. The second-order valence-corrected chi connectivity index (χ2v) is 16.0. The Morgan fingerprint density at radius 3 is 2.43 bits per heavy atom. The number of carbonyl (C=O) groups is 4. The van der Waals surface area contributed by atoms with Crippen LogP contribution in [0.3, 0.4) is 0 Å². The third-order valence-corrected chi connectivity index (χ3v) is 12.7. The molecule has 16 heteroatoms. The molecule has 4 aromatic rings. The highest BCUT2D eigenvalue weighted by Gasteiger charge is 2.47. The van der Waals surface area contributed by atoms with Crippen molar-refractivity contribution in [2.45, 2.75) is 69.2 Å². The molecule has 13 nitrogen and oxygen atoms in total. The van der Waals surface area contributed by atoms with Crippen molar-refractivity contribution in [3.8, 4) is 11.5 Å². The Hall–Kier alpha value is -5.05. The number of hydrogen-bond donors (Lipinski definition) is 2. The van der Waals surface area contributed by atoms with Gasteiger partial charge >= 0.3 is 0 Å². The van der Waals surface area contributed by atoms with E-state index in [1.165, 1.54) is 18.5 Å². The van der Waals surface area contributed by atoms with Gasteiger partial charge in [0, 0.05) is 55.3 Å². The molecule has 6 heterocycles. The van der Waals surface area contributed by atoms with Gasteiger partial charge in [0.1, 0.15) is 18.2 Å². The van der Waals surface area contributed by atoms with E-state index in [-0.39, 0.29) is 34.7 Å². The number of imide groups is 2. The molecule has 0 radical (unpaired) electrons. The Morgan fingerprint density at radius 2 is 1.68 bits per heavy atom. The molecule has 0 spiro atoms. The van der Waals surface area contributed by atoms with Crippen LogP contribution in [0, 0.1) is 11.7 Å². The second-order valence-electron chi connectivity index (χ2n) is 15.2. The van der Waals surface area contributed by atoms with Crippen LogP contribution in [0.15, 0.2) is 48.8 Å². The van der Waals surface area contributed by atoms with E-state index in [4.69, 9.17) is 32.7 Å². The molecule has 2 N–H and O–H groups in total. The number of piperazine rings is 1. The molecular weight excluding hydrogens is 764 g/mol. The lowest BCUT2D eigenvalue weighted by Gasteiger charge is -2.58. The van der Waals surface area contributed by atoms with Gasteiger partial charge in [0.15, 0.2) is 17.3 Å². The number of benzene rings is 3. The standard InChI is InChI=1S/C40H38Cl2FN7O6/c1-55-32-15-30-27(37(45-19-44-30)46-29-9-8-28(41)35(42)36(29)43)14-33(32)56-24-5-2-20(3-6-24)16-49-22-12-23(49)18-48(17-22)21-4-7-25-26(13-21)40(54)50(39(25)53)31-10-11-34(51)47-38(31)52/h4,7-9,13-15,19-20,22-24,31H,2-3,5-6,10-12,16-18H2,1H3,(H,44,45,46)(H,47,51,52). The Balaban J connectivity index is 0.809. The number of amides is 4. The van der Waals surface area contributed by atoms with Crippen molar-refractivity contribution in [1.82, 2.24) is 25.1 Å². The van der Waals surface area contributed by atoms with E-state index in [9.17, 15) is 23.6 Å². The van der Waals surface area contributed by atoms with E-state index >= 15 is 0 Å². The fourth-order valence-electron chi connectivity index (χ4n) is 8.93. The molecule has 3 atom stereocenters. The molecule has 4 amide bonds. The van der Waals surface area contributed by atoms with Crippen LogP contribution in [0.2, 0.25) is 10.0 Å². The number of piperidine rings is 2. The quantitative estimate of drug-likeness (QED) is 0.149. The number of anilines is 3. The van der Waals surface area contributed by atoms with E-state index in [2.05, 4.69) is 30.4 Å². The fraction of sp³-hybridized carbons (Fsp3) is 0.400. The smallest absolute Gasteiger partial charge is 0.262 e. The summed E-state index contributed by atoms with van der Waals surface area (Å²) in [7, 11) is 1.59. The summed E-state index contributed by atoms with van der Waals surface area (Å²) in [4.78, 5) is 65.4.